The summed E-state index contributed by atoms with van der Waals surface area (Å²) in [6.07, 6.45) is 1.31. The van der Waals surface area contributed by atoms with E-state index in [4.69, 9.17) is 4.74 Å². The van der Waals surface area contributed by atoms with Crippen LogP contribution in [0.15, 0.2) is 36.4 Å². The molecule has 0 aromatic heterocycles. The first-order chi connectivity index (χ1) is 9.54. The minimum Gasteiger partial charge on any atom is -0.490 e. The minimum absolute atomic E-state index is 0.239. The maximum absolute atomic E-state index is 5.77. The van der Waals surface area contributed by atoms with Gasteiger partial charge >= 0.3 is 0 Å². The van der Waals surface area contributed by atoms with Crippen LogP contribution in [0, 0.1) is 13.8 Å². The van der Waals surface area contributed by atoms with E-state index in [1.807, 2.05) is 0 Å². The number of rotatable bonds is 2. The molecule has 1 aliphatic rings. The Hall–Kier alpha value is -1.28. The van der Waals surface area contributed by atoms with Gasteiger partial charge < -0.3 is 4.74 Å². The van der Waals surface area contributed by atoms with E-state index in [0.29, 0.717) is 6.10 Å². The third-order valence-corrected chi connectivity index (χ3v) is 4.94. The molecule has 1 nitrogen and oxygen atoms in total. The zero-order valence-corrected chi connectivity index (χ0v) is 13.7. The van der Waals surface area contributed by atoms with Gasteiger partial charge in [0.2, 0.25) is 0 Å². The Morgan fingerprint density at radius 3 is 2.75 bits per heavy atom. The van der Waals surface area contributed by atoms with Gasteiger partial charge in [0.25, 0.3) is 0 Å². The summed E-state index contributed by atoms with van der Waals surface area (Å²) < 4.78 is 5.77. The number of hydrogen-bond acceptors (Lipinski definition) is 1. The molecule has 2 unspecified atom stereocenters. The van der Waals surface area contributed by atoms with Crippen molar-refractivity contribution in [2.75, 3.05) is 0 Å². The highest BCUT2D eigenvalue weighted by Gasteiger charge is 2.21. The molecule has 1 aliphatic heterocycles. The van der Waals surface area contributed by atoms with Crippen molar-refractivity contribution in [2.45, 2.75) is 38.1 Å². The zero-order chi connectivity index (χ0) is 14.3. The fraction of sp³-hybridized carbons (Fsp3) is 0.333. The Bertz CT molecular complexity index is 648. The summed E-state index contributed by atoms with van der Waals surface area (Å²) >= 11 is 3.86. The van der Waals surface area contributed by atoms with Gasteiger partial charge in [-0.15, -0.1) is 0 Å². The molecular weight excluding hydrogens is 312 g/mol. The summed E-state index contributed by atoms with van der Waals surface area (Å²) in [7, 11) is 0. The molecule has 2 heteroatoms. The Morgan fingerprint density at radius 2 is 1.95 bits per heavy atom. The monoisotopic (exact) mass is 330 g/mol. The lowest BCUT2D eigenvalue weighted by Gasteiger charge is -2.15. The highest BCUT2D eigenvalue weighted by Crippen LogP contribution is 2.37. The van der Waals surface area contributed by atoms with E-state index in [1.54, 1.807) is 0 Å². The summed E-state index contributed by atoms with van der Waals surface area (Å²) in [6.45, 7) is 6.43. The molecule has 104 valence electrons. The summed E-state index contributed by atoms with van der Waals surface area (Å²) in [4.78, 5) is 0.239. The molecular formula is C18H19BrO. The zero-order valence-electron chi connectivity index (χ0n) is 12.1. The van der Waals surface area contributed by atoms with E-state index in [1.165, 1.54) is 27.8 Å². The lowest BCUT2D eigenvalue weighted by molar-refractivity contribution is 0.254. The van der Waals surface area contributed by atoms with Crippen LogP contribution in [-0.2, 0) is 6.42 Å². The summed E-state index contributed by atoms with van der Waals surface area (Å²) in [6, 6.07) is 13.2. The molecule has 0 spiro atoms. The van der Waals surface area contributed by atoms with Gasteiger partial charge in [0, 0.05) is 6.42 Å². The average molecular weight is 331 g/mol. The predicted molar refractivity (Wildman–Crippen MR) is 86.9 cm³/mol. The van der Waals surface area contributed by atoms with Gasteiger partial charge in [0.1, 0.15) is 11.9 Å². The van der Waals surface area contributed by atoms with Gasteiger partial charge in [0.05, 0.1) is 4.83 Å². The fourth-order valence-corrected chi connectivity index (χ4v) is 3.59. The van der Waals surface area contributed by atoms with Crippen LogP contribution >= 0.6 is 15.9 Å². The topological polar surface area (TPSA) is 9.23 Å². The molecule has 3 rings (SSSR count). The summed E-state index contributed by atoms with van der Waals surface area (Å²) in [5.74, 6) is 1.04. The van der Waals surface area contributed by atoms with Crippen LogP contribution in [0.3, 0.4) is 0 Å². The summed E-state index contributed by atoms with van der Waals surface area (Å²) in [5.41, 5.74) is 6.59. The van der Waals surface area contributed by atoms with Crippen LogP contribution in [0.5, 0.6) is 5.75 Å². The van der Waals surface area contributed by atoms with Crippen LogP contribution in [-0.4, -0.2) is 6.10 Å². The van der Waals surface area contributed by atoms with Crippen LogP contribution in [0.2, 0.25) is 0 Å². The van der Waals surface area contributed by atoms with Crippen molar-refractivity contribution in [1.29, 1.82) is 0 Å². The predicted octanol–water partition coefficient (Wildman–Crippen LogP) is 5.11. The second-order valence-electron chi connectivity index (χ2n) is 5.72. The Morgan fingerprint density at radius 1 is 1.15 bits per heavy atom. The number of halogens is 1. The fourth-order valence-electron chi connectivity index (χ4n) is 2.81. The van der Waals surface area contributed by atoms with Gasteiger partial charge in [-0.3, -0.25) is 0 Å². The van der Waals surface area contributed by atoms with Crippen molar-refractivity contribution in [3.05, 3.63) is 64.2 Å². The van der Waals surface area contributed by atoms with Crippen LogP contribution in [0.4, 0.5) is 0 Å². The maximum atomic E-state index is 5.77. The second-order valence-corrected chi connectivity index (χ2v) is 6.64. The van der Waals surface area contributed by atoms with E-state index in [-0.39, 0.29) is 4.83 Å². The van der Waals surface area contributed by atoms with Crippen LogP contribution in [0.1, 0.15) is 39.6 Å². The average Bonchev–Trinajstić information content (AvgIpc) is 2.79. The van der Waals surface area contributed by atoms with Gasteiger partial charge in [-0.25, -0.2) is 0 Å². The third kappa shape index (κ3) is 2.49. The molecule has 0 bridgehead atoms. The largest absolute Gasteiger partial charge is 0.490 e. The van der Waals surface area contributed by atoms with Crippen LogP contribution in [0.25, 0.3) is 0 Å². The Kier molecular flexibility index (Phi) is 3.59. The smallest absolute Gasteiger partial charge is 0.123 e. The number of hydrogen-bond donors (Lipinski definition) is 0. The molecule has 0 saturated carbocycles. The first-order valence-corrected chi connectivity index (χ1v) is 7.97. The molecule has 20 heavy (non-hydrogen) atoms. The van der Waals surface area contributed by atoms with Crippen molar-refractivity contribution in [2.24, 2.45) is 0 Å². The van der Waals surface area contributed by atoms with Gasteiger partial charge in [-0.05, 0) is 49.1 Å². The van der Waals surface area contributed by atoms with Crippen molar-refractivity contribution in [3.63, 3.8) is 0 Å². The van der Waals surface area contributed by atoms with Crippen LogP contribution < -0.4 is 4.74 Å². The molecule has 1 heterocycles. The SMILES string of the molecule is Cc1ccc(C)c(C(Br)c2ccc3c(c2)CC(C)O3)c1. The second kappa shape index (κ2) is 5.25. The van der Waals surface area contributed by atoms with E-state index in [2.05, 4.69) is 73.1 Å². The summed E-state index contributed by atoms with van der Waals surface area (Å²) in [5, 5.41) is 0. The van der Waals surface area contributed by atoms with E-state index < -0.39 is 0 Å². The molecule has 2 atom stereocenters. The third-order valence-electron chi connectivity index (χ3n) is 3.92. The highest BCUT2D eigenvalue weighted by molar-refractivity contribution is 9.09. The molecule has 0 amide bonds. The molecule has 0 N–H and O–H groups in total. The molecule has 0 fully saturated rings. The van der Waals surface area contributed by atoms with E-state index >= 15 is 0 Å². The lowest BCUT2D eigenvalue weighted by Crippen LogP contribution is -2.05. The molecule has 2 aromatic rings. The maximum Gasteiger partial charge on any atom is 0.123 e. The van der Waals surface area contributed by atoms with Crippen molar-refractivity contribution >= 4 is 15.9 Å². The molecule has 0 radical (unpaired) electrons. The highest BCUT2D eigenvalue weighted by atomic mass is 79.9. The van der Waals surface area contributed by atoms with E-state index in [9.17, 15) is 0 Å². The first kappa shape index (κ1) is 13.7. The molecule has 0 saturated heterocycles. The number of fused-ring (bicyclic) bond motifs is 1. The lowest BCUT2D eigenvalue weighted by atomic mass is 9.97. The van der Waals surface area contributed by atoms with Gasteiger partial charge in [-0.1, -0.05) is 51.8 Å². The molecule has 0 aliphatic carbocycles. The quantitative estimate of drug-likeness (QED) is 0.695. The van der Waals surface area contributed by atoms with Crippen molar-refractivity contribution in [3.8, 4) is 5.75 Å². The Labute approximate surface area is 129 Å². The number of benzene rings is 2. The number of aryl methyl sites for hydroxylation is 2. The van der Waals surface area contributed by atoms with E-state index in [0.717, 1.165) is 12.2 Å². The number of alkyl halides is 1. The number of ether oxygens (including phenoxy) is 1. The van der Waals surface area contributed by atoms with Crippen molar-refractivity contribution in [1.82, 2.24) is 0 Å². The standard InChI is InChI=1S/C18H19BrO/c1-11-4-5-12(2)16(8-11)18(19)14-6-7-17-15(10-14)9-13(3)20-17/h4-8,10,13,18H,9H2,1-3H3. The Balaban J connectivity index is 1.97. The van der Waals surface area contributed by atoms with Crippen molar-refractivity contribution < 1.29 is 4.74 Å². The first-order valence-electron chi connectivity index (χ1n) is 7.05. The molecule has 2 aromatic carbocycles. The normalized spacial score (nSPS) is 18.5. The minimum atomic E-state index is 0.239. The van der Waals surface area contributed by atoms with Gasteiger partial charge in [0.15, 0.2) is 0 Å². The van der Waals surface area contributed by atoms with Gasteiger partial charge in [-0.2, -0.15) is 0 Å².